The van der Waals surface area contributed by atoms with Gasteiger partial charge in [0.1, 0.15) is 0 Å². The monoisotopic (exact) mass is 390 g/mol. The highest BCUT2D eigenvalue weighted by Crippen LogP contribution is 2.20. The molecule has 6 heteroatoms. The molecule has 2 aromatic rings. The topological polar surface area (TPSA) is 59.0 Å². The molecular formula is C21H31ClN4O. The van der Waals surface area contributed by atoms with Crippen molar-refractivity contribution in [2.24, 2.45) is 5.92 Å². The van der Waals surface area contributed by atoms with E-state index in [9.17, 15) is 4.79 Å². The van der Waals surface area contributed by atoms with Gasteiger partial charge in [-0.05, 0) is 56.3 Å². The van der Waals surface area contributed by atoms with Gasteiger partial charge < -0.3 is 10.6 Å². The highest BCUT2D eigenvalue weighted by molar-refractivity contribution is 5.85. The van der Waals surface area contributed by atoms with Crippen molar-refractivity contribution in [3.8, 4) is 5.69 Å². The van der Waals surface area contributed by atoms with Crippen molar-refractivity contribution in [2.45, 2.75) is 52.0 Å². The van der Waals surface area contributed by atoms with Gasteiger partial charge in [0.2, 0.25) is 5.91 Å². The fraction of sp³-hybridized carbons (Fsp3) is 0.524. The number of rotatable bonds is 7. The SMILES string of the molecule is CC(C)c1nn(-c2ccccc2)cc1CNC(=O)CCC1CCNCC1.Cl. The molecule has 1 aliphatic heterocycles. The third-order valence-corrected chi connectivity index (χ3v) is 5.10. The summed E-state index contributed by atoms with van der Waals surface area (Å²) in [5, 5.41) is 11.2. The van der Waals surface area contributed by atoms with E-state index in [-0.39, 0.29) is 18.3 Å². The molecule has 0 radical (unpaired) electrons. The van der Waals surface area contributed by atoms with Crippen LogP contribution in [0.2, 0.25) is 0 Å². The molecule has 0 bridgehead atoms. The molecule has 0 saturated carbocycles. The van der Waals surface area contributed by atoms with Crippen molar-refractivity contribution in [3.05, 3.63) is 47.8 Å². The number of aromatic nitrogens is 2. The second kappa shape index (κ2) is 10.5. The zero-order valence-corrected chi connectivity index (χ0v) is 17.1. The molecule has 2 heterocycles. The Labute approximate surface area is 168 Å². The standard InChI is InChI=1S/C21H30N4O.ClH/c1-16(2)21-18(15-25(24-21)19-6-4-3-5-7-19)14-23-20(26)9-8-17-10-12-22-13-11-17;/h3-7,15-17,22H,8-14H2,1-2H3,(H,23,26);1H. The van der Waals surface area contributed by atoms with Crippen molar-refractivity contribution in [1.82, 2.24) is 20.4 Å². The number of nitrogens with zero attached hydrogens (tertiary/aromatic N) is 2. The average molecular weight is 391 g/mol. The van der Waals surface area contributed by atoms with E-state index in [2.05, 4.69) is 24.5 Å². The maximum Gasteiger partial charge on any atom is 0.220 e. The quantitative estimate of drug-likeness (QED) is 0.755. The summed E-state index contributed by atoms with van der Waals surface area (Å²) in [4.78, 5) is 12.3. The predicted molar refractivity (Wildman–Crippen MR) is 112 cm³/mol. The van der Waals surface area contributed by atoms with E-state index in [4.69, 9.17) is 5.10 Å². The first-order valence-electron chi connectivity index (χ1n) is 9.74. The van der Waals surface area contributed by atoms with E-state index in [0.717, 1.165) is 36.5 Å². The fourth-order valence-corrected chi connectivity index (χ4v) is 3.55. The molecule has 1 fully saturated rings. The summed E-state index contributed by atoms with van der Waals surface area (Å²) in [6, 6.07) is 10.1. The molecule has 1 aromatic carbocycles. The van der Waals surface area contributed by atoms with Gasteiger partial charge in [0.15, 0.2) is 0 Å². The zero-order chi connectivity index (χ0) is 18.4. The molecule has 0 unspecified atom stereocenters. The van der Waals surface area contributed by atoms with Gasteiger partial charge in [-0.2, -0.15) is 5.10 Å². The highest BCUT2D eigenvalue weighted by Gasteiger charge is 2.16. The summed E-state index contributed by atoms with van der Waals surface area (Å²) < 4.78 is 1.91. The van der Waals surface area contributed by atoms with Crippen molar-refractivity contribution in [1.29, 1.82) is 0 Å². The van der Waals surface area contributed by atoms with Gasteiger partial charge in [-0.25, -0.2) is 4.68 Å². The smallest absolute Gasteiger partial charge is 0.220 e. The lowest BCUT2D eigenvalue weighted by atomic mass is 9.93. The number of amides is 1. The van der Waals surface area contributed by atoms with E-state index in [0.29, 0.717) is 24.8 Å². The fourth-order valence-electron chi connectivity index (χ4n) is 3.55. The number of hydrogen-bond donors (Lipinski definition) is 2. The molecule has 5 nitrogen and oxygen atoms in total. The van der Waals surface area contributed by atoms with Crippen LogP contribution in [-0.4, -0.2) is 28.8 Å². The number of para-hydroxylation sites is 1. The van der Waals surface area contributed by atoms with Crippen LogP contribution in [-0.2, 0) is 11.3 Å². The number of halogens is 1. The van der Waals surface area contributed by atoms with E-state index in [1.54, 1.807) is 0 Å². The summed E-state index contributed by atoms with van der Waals surface area (Å²) in [6.07, 6.45) is 6.03. The number of piperidine rings is 1. The van der Waals surface area contributed by atoms with Crippen LogP contribution in [0.5, 0.6) is 0 Å². The van der Waals surface area contributed by atoms with Crippen LogP contribution in [0.3, 0.4) is 0 Å². The van der Waals surface area contributed by atoms with Crippen LogP contribution >= 0.6 is 12.4 Å². The average Bonchev–Trinajstić information content (AvgIpc) is 3.11. The number of benzene rings is 1. The lowest BCUT2D eigenvalue weighted by Crippen LogP contribution is -2.29. The minimum absolute atomic E-state index is 0. The third-order valence-electron chi connectivity index (χ3n) is 5.10. The Balaban J connectivity index is 0.00000261. The first-order chi connectivity index (χ1) is 12.6. The lowest BCUT2D eigenvalue weighted by molar-refractivity contribution is -0.121. The Bertz CT molecular complexity index is 708. The molecule has 0 aliphatic carbocycles. The minimum atomic E-state index is 0. The Morgan fingerprint density at radius 2 is 1.96 bits per heavy atom. The van der Waals surface area contributed by atoms with Gasteiger partial charge in [0.25, 0.3) is 0 Å². The normalized spacial score (nSPS) is 14.8. The van der Waals surface area contributed by atoms with Gasteiger partial charge in [-0.1, -0.05) is 32.0 Å². The molecule has 1 aliphatic rings. The van der Waals surface area contributed by atoms with Gasteiger partial charge >= 0.3 is 0 Å². The van der Waals surface area contributed by atoms with Gasteiger partial charge in [0, 0.05) is 24.7 Å². The van der Waals surface area contributed by atoms with Crippen molar-refractivity contribution >= 4 is 18.3 Å². The first-order valence-corrected chi connectivity index (χ1v) is 9.74. The second-order valence-electron chi connectivity index (χ2n) is 7.48. The minimum Gasteiger partial charge on any atom is -0.352 e. The van der Waals surface area contributed by atoms with Crippen LogP contribution in [0.1, 0.15) is 56.7 Å². The lowest BCUT2D eigenvalue weighted by Gasteiger charge is -2.22. The summed E-state index contributed by atoms with van der Waals surface area (Å²) in [5.74, 6) is 1.15. The molecule has 1 aromatic heterocycles. The number of carbonyl (C=O) groups is 1. The molecule has 27 heavy (non-hydrogen) atoms. The predicted octanol–water partition coefficient (Wildman–Crippen LogP) is 3.81. The molecule has 148 valence electrons. The molecule has 3 rings (SSSR count). The van der Waals surface area contributed by atoms with Crippen LogP contribution in [0, 0.1) is 5.92 Å². The molecular weight excluding hydrogens is 360 g/mol. The van der Waals surface area contributed by atoms with Crippen molar-refractivity contribution in [3.63, 3.8) is 0 Å². The highest BCUT2D eigenvalue weighted by atomic mass is 35.5. The Morgan fingerprint density at radius 3 is 2.63 bits per heavy atom. The van der Waals surface area contributed by atoms with Crippen LogP contribution < -0.4 is 10.6 Å². The Kier molecular flexibility index (Phi) is 8.32. The van der Waals surface area contributed by atoms with Crippen molar-refractivity contribution in [2.75, 3.05) is 13.1 Å². The van der Waals surface area contributed by atoms with Gasteiger partial charge in [-0.15, -0.1) is 12.4 Å². The summed E-state index contributed by atoms with van der Waals surface area (Å²) in [6.45, 7) is 7.00. The van der Waals surface area contributed by atoms with Gasteiger partial charge in [-0.3, -0.25) is 4.79 Å². The van der Waals surface area contributed by atoms with E-state index >= 15 is 0 Å². The van der Waals surface area contributed by atoms with Crippen LogP contribution in [0.15, 0.2) is 36.5 Å². The molecule has 1 amide bonds. The number of hydrogen-bond acceptors (Lipinski definition) is 3. The Hall–Kier alpha value is -1.85. The molecule has 0 atom stereocenters. The maximum absolute atomic E-state index is 12.3. The summed E-state index contributed by atoms with van der Waals surface area (Å²) in [5.41, 5.74) is 3.18. The summed E-state index contributed by atoms with van der Waals surface area (Å²) in [7, 11) is 0. The Morgan fingerprint density at radius 1 is 1.26 bits per heavy atom. The van der Waals surface area contributed by atoms with Crippen molar-refractivity contribution < 1.29 is 4.79 Å². The van der Waals surface area contributed by atoms with Crippen LogP contribution in [0.25, 0.3) is 5.69 Å². The molecule has 0 spiro atoms. The maximum atomic E-state index is 12.3. The number of nitrogens with one attached hydrogen (secondary N) is 2. The van der Waals surface area contributed by atoms with E-state index < -0.39 is 0 Å². The number of carbonyl (C=O) groups excluding carboxylic acids is 1. The molecule has 2 N–H and O–H groups in total. The zero-order valence-electron chi connectivity index (χ0n) is 16.3. The largest absolute Gasteiger partial charge is 0.352 e. The molecule has 1 saturated heterocycles. The van der Waals surface area contributed by atoms with Gasteiger partial charge in [0.05, 0.1) is 11.4 Å². The van der Waals surface area contributed by atoms with E-state index in [1.165, 1.54) is 12.8 Å². The van der Waals surface area contributed by atoms with Crippen LogP contribution in [0.4, 0.5) is 0 Å². The summed E-state index contributed by atoms with van der Waals surface area (Å²) >= 11 is 0. The van der Waals surface area contributed by atoms with E-state index in [1.807, 2.05) is 41.2 Å². The second-order valence-corrected chi connectivity index (χ2v) is 7.48. The third kappa shape index (κ3) is 6.08. The first kappa shape index (κ1) is 21.5.